The fourth-order valence-corrected chi connectivity index (χ4v) is 3.26. The van der Waals surface area contributed by atoms with E-state index < -0.39 is 17.5 Å². The summed E-state index contributed by atoms with van der Waals surface area (Å²) in [6.45, 7) is 1.79. The number of amides is 2. The Labute approximate surface area is 177 Å². The Hall–Kier alpha value is -4.00. The van der Waals surface area contributed by atoms with Crippen molar-refractivity contribution >= 4 is 28.4 Å². The zero-order chi connectivity index (χ0) is 22.0. The van der Waals surface area contributed by atoms with Gasteiger partial charge in [-0.2, -0.15) is 0 Å². The first-order valence-corrected chi connectivity index (χ1v) is 9.63. The van der Waals surface area contributed by atoms with Crippen LogP contribution in [0.4, 0.5) is 14.5 Å². The van der Waals surface area contributed by atoms with E-state index in [0.29, 0.717) is 22.2 Å². The molecule has 31 heavy (non-hydrogen) atoms. The largest absolute Gasteiger partial charge is 0.349 e. The summed E-state index contributed by atoms with van der Waals surface area (Å²) < 4.78 is 27.0. The lowest BCUT2D eigenvalue weighted by Crippen LogP contribution is -2.25. The monoisotopic (exact) mass is 419 g/mol. The molecule has 0 saturated heterocycles. The first-order valence-electron chi connectivity index (χ1n) is 9.63. The van der Waals surface area contributed by atoms with Gasteiger partial charge in [0.2, 0.25) is 0 Å². The summed E-state index contributed by atoms with van der Waals surface area (Å²) in [5.41, 5.74) is 2.77. The van der Waals surface area contributed by atoms with Crippen LogP contribution in [0.1, 0.15) is 32.0 Å². The Morgan fingerprint density at radius 2 is 1.68 bits per heavy atom. The summed E-state index contributed by atoms with van der Waals surface area (Å²) in [6.07, 6.45) is 0. The zero-order valence-corrected chi connectivity index (χ0v) is 16.6. The number of anilines is 1. The third-order valence-corrected chi connectivity index (χ3v) is 4.94. The van der Waals surface area contributed by atoms with Crippen LogP contribution in [0.3, 0.4) is 0 Å². The summed E-state index contributed by atoms with van der Waals surface area (Å²) in [6, 6.07) is 17.4. The minimum atomic E-state index is -0.746. The van der Waals surface area contributed by atoms with Crippen LogP contribution in [0, 0.1) is 18.6 Å². The molecule has 5 nitrogen and oxygen atoms in total. The maximum Gasteiger partial charge on any atom is 0.270 e. The molecule has 0 spiro atoms. The normalized spacial score (nSPS) is 10.8. The van der Waals surface area contributed by atoms with E-state index >= 15 is 0 Å². The number of nitrogens with one attached hydrogen (secondary N) is 3. The Kier molecular flexibility index (Phi) is 5.49. The number of carbonyl (C=O) groups excluding carboxylic acids is 2. The number of aryl methyl sites for hydroxylation is 1. The number of fused-ring (bicyclic) bond motifs is 1. The Morgan fingerprint density at radius 1 is 0.935 bits per heavy atom. The molecule has 0 radical (unpaired) electrons. The van der Waals surface area contributed by atoms with E-state index in [4.69, 9.17) is 0 Å². The minimum absolute atomic E-state index is 0.133. The van der Waals surface area contributed by atoms with Crippen LogP contribution in [-0.4, -0.2) is 16.8 Å². The van der Waals surface area contributed by atoms with E-state index in [2.05, 4.69) is 15.6 Å². The van der Waals surface area contributed by atoms with Crippen LogP contribution in [0.2, 0.25) is 0 Å². The highest BCUT2D eigenvalue weighted by Crippen LogP contribution is 2.28. The lowest BCUT2D eigenvalue weighted by molar-refractivity contribution is 0.0947. The number of para-hydroxylation sites is 1. The molecule has 0 aliphatic heterocycles. The fraction of sp³-hybridized carbons (Fsp3) is 0.0833. The first-order chi connectivity index (χ1) is 14.9. The van der Waals surface area contributed by atoms with Crippen molar-refractivity contribution in [2.24, 2.45) is 0 Å². The summed E-state index contributed by atoms with van der Waals surface area (Å²) in [5.74, 6) is -2.32. The Morgan fingerprint density at radius 3 is 2.42 bits per heavy atom. The standard InChI is InChI=1S/C24H19F2N3O2/c1-14-6-8-15(9-7-14)23(30)29-21-18-4-2-3-5-20(18)28-22(21)24(31)27-13-16-10-11-17(25)12-19(16)26/h2-12,28H,13H2,1H3,(H,27,31)(H,29,30). The van der Waals surface area contributed by atoms with Gasteiger partial charge in [0.25, 0.3) is 11.8 Å². The van der Waals surface area contributed by atoms with E-state index in [9.17, 15) is 18.4 Å². The molecule has 1 aromatic heterocycles. The average molecular weight is 419 g/mol. The van der Waals surface area contributed by atoms with Gasteiger partial charge >= 0.3 is 0 Å². The summed E-state index contributed by atoms with van der Waals surface area (Å²) in [4.78, 5) is 28.6. The quantitative estimate of drug-likeness (QED) is 0.429. The number of carbonyl (C=O) groups is 2. The molecule has 0 saturated carbocycles. The average Bonchev–Trinajstić information content (AvgIpc) is 3.12. The number of H-pyrrole nitrogens is 1. The molecule has 0 fully saturated rings. The summed E-state index contributed by atoms with van der Waals surface area (Å²) in [5, 5.41) is 6.09. The lowest BCUT2D eigenvalue weighted by atomic mass is 10.1. The highest BCUT2D eigenvalue weighted by atomic mass is 19.1. The highest BCUT2D eigenvalue weighted by molar-refractivity contribution is 6.15. The van der Waals surface area contributed by atoms with Gasteiger partial charge in [-0.05, 0) is 31.2 Å². The second-order valence-corrected chi connectivity index (χ2v) is 7.16. The molecule has 3 N–H and O–H groups in total. The first kappa shape index (κ1) is 20.3. The summed E-state index contributed by atoms with van der Waals surface area (Å²) in [7, 11) is 0. The van der Waals surface area contributed by atoms with Crippen molar-refractivity contribution in [3.8, 4) is 0 Å². The van der Waals surface area contributed by atoms with E-state index in [0.717, 1.165) is 17.7 Å². The van der Waals surface area contributed by atoms with Gasteiger partial charge in [-0.15, -0.1) is 0 Å². The molecule has 3 aromatic carbocycles. The lowest BCUT2D eigenvalue weighted by Gasteiger charge is -2.09. The van der Waals surface area contributed by atoms with E-state index in [1.165, 1.54) is 6.07 Å². The number of halogens is 2. The second-order valence-electron chi connectivity index (χ2n) is 7.16. The van der Waals surface area contributed by atoms with E-state index in [1.807, 2.05) is 19.1 Å². The van der Waals surface area contributed by atoms with Crippen molar-refractivity contribution in [2.75, 3.05) is 5.32 Å². The molecule has 2 amide bonds. The van der Waals surface area contributed by atoms with E-state index in [-0.39, 0.29) is 23.7 Å². The van der Waals surface area contributed by atoms with Gasteiger partial charge < -0.3 is 15.6 Å². The van der Waals surface area contributed by atoms with Crippen molar-refractivity contribution in [1.29, 1.82) is 0 Å². The molecular weight excluding hydrogens is 400 g/mol. The van der Waals surface area contributed by atoms with Gasteiger partial charge in [0.15, 0.2) is 0 Å². The topological polar surface area (TPSA) is 74.0 Å². The maximum atomic E-state index is 13.9. The molecule has 156 valence electrons. The van der Waals surface area contributed by atoms with Gasteiger partial charge in [0.05, 0.1) is 5.69 Å². The molecule has 0 unspecified atom stereocenters. The molecule has 4 aromatic rings. The van der Waals surface area contributed by atoms with Gasteiger partial charge in [0, 0.05) is 34.6 Å². The third kappa shape index (κ3) is 4.30. The van der Waals surface area contributed by atoms with E-state index in [1.54, 1.807) is 36.4 Å². The number of aromatic amines is 1. The van der Waals surface area contributed by atoms with Gasteiger partial charge in [-0.25, -0.2) is 8.78 Å². The number of hydrogen-bond donors (Lipinski definition) is 3. The van der Waals surface area contributed by atoms with Crippen molar-refractivity contribution in [3.63, 3.8) is 0 Å². The van der Waals surface area contributed by atoms with Crippen LogP contribution < -0.4 is 10.6 Å². The maximum absolute atomic E-state index is 13.9. The third-order valence-electron chi connectivity index (χ3n) is 4.94. The van der Waals surface area contributed by atoms with Crippen LogP contribution >= 0.6 is 0 Å². The number of aromatic nitrogens is 1. The summed E-state index contributed by atoms with van der Waals surface area (Å²) >= 11 is 0. The Balaban J connectivity index is 1.61. The van der Waals surface area contributed by atoms with Crippen LogP contribution in [0.25, 0.3) is 10.9 Å². The van der Waals surface area contributed by atoms with Crippen molar-refractivity contribution in [2.45, 2.75) is 13.5 Å². The molecule has 0 aliphatic rings. The van der Waals surface area contributed by atoms with Gasteiger partial charge in [0.1, 0.15) is 17.3 Å². The molecule has 1 heterocycles. The Bertz CT molecular complexity index is 1280. The predicted octanol–water partition coefficient (Wildman–Crippen LogP) is 4.94. The second kappa shape index (κ2) is 8.39. The van der Waals surface area contributed by atoms with Gasteiger partial charge in [-0.3, -0.25) is 9.59 Å². The molecule has 4 rings (SSSR count). The number of rotatable bonds is 5. The van der Waals surface area contributed by atoms with Crippen LogP contribution in [-0.2, 0) is 6.54 Å². The SMILES string of the molecule is Cc1ccc(C(=O)Nc2c(C(=O)NCc3ccc(F)cc3F)[nH]c3ccccc23)cc1. The molecule has 0 atom stereocenters. The molecule has 0 aliphatic carbocycles. The van der Waals surface area contributed by atoms with Crippen LogP contribution in [0.15, 0.2) is 66.7 Å². The molecular formula is C24H19F2N3O2. The zero-order valence-electron chi connectivity index (χ0n) is 16.6. The highest BCUT2D eigenvalue weighted by Gasteiger charge is 2.20. The van der Waals surface area contributed by atoms with Gasteiger partial charge in [-0.1, -0.05) is 42.0 Å². The fourth-order valence-electron chi connectivity index (χ4n) is 3.26. The number of benzene rings is 3. The van der Waals surface area contributed by atoms with Crippen LogP contribution in [0.5, 0.6) is 0 Å². The van der Waals surface area contributed by atoms with Crippen molar-refractivity contribution < 1.29 is 18.4 Å². The molecule has 7 heteroatoms. The smallest absolute Gasteiger partial charge is 0.270 e. The van der Waals surface area contributed by atoms with Crippen molar-refractivity contribution in [3.05, 3.63) is 101 Å². The van der Waals surface area contributed by atoms with Crippen molar-refractivity contribution in [1.82, 2.24) is 10.3 Å². The minimum Gasteiger partial charge on any atom is -0.349 e. The number of hydrogen-bond acceptors (Lipinski definition) is 2. The molecule has 0 bridgehead atoms. The predicted molar refractivity (Wildman–Crippen MR) is 115 cm³/mol.